The van der Waals surface area contributed by atoms with Gasteiger partial charge in [0.1, 0.15) is 11.2 Å². The maximum absolute atomic E-state index is 9.37. The Morgan fingerprint density at radius 2 is 1.00 bits per heavy atom. The molecule has 0 saturated heterocycles. The maximum Gasteiger partial charge on any atom is 0.160 e. The van der Waals surface area contributed by atoms with Crippen molar-refractivity contribution < 1.29 is 23.6 Å². The van der Waals surface area contributed by atoms with Crippen LogP contribution in [0.3, 0.4) is 0 Å². The van der Waals surface area contributed by atoms with Crippen molar-refractivity contribution in [3.63, 3.8) is 0 Å². The van der Waals surface area contributed by atoms with E-state index in [-0.39, 0.29) is 11.3 Å². The van der Waals surface area contributed by atoms with E-state index in [1.165, 1.54) is 6.07 Å². The van der Waals surface area contributed by atoms with Crippen molar-refractivity contribution in [3.8, 4) is 56.2 Å². The van der Waals surface area contributed by atoms with Crippen molar-refractivity contribution in [2.75, 3.05) is 4.90 Å². The van der Waals surface area contributed by atoms with E-state index < -0.39 is 107 Å². The molecule has 0 aliphatic heterocycles. The van der Waals surface area contributed by atoms with Crippen molar-refractivity contribution >= 4 is 49.8 Å². The average Bonchev–Trinajstić information content (AvgIpc) is 3.82. The van der Waals surface area contributed by atoms with Gasteiger partial charge in [-0.1, -0.05) is 170 Å². The van der Waals surface area contributed by atoms with Gasteiger partial charge in [-0.15, -0.1) is 0 Å². The standard InChI is InChI=1S/C56H37N3O/c1-5-16-38(17-6-1)39-28-30-43(31-29-39)59(42-22-11-4-12-23-42)44-32-33-50-54(36-44)60-53-27-15-26-49(55(50)53)47-34-35-48(46-25-14-13-24-45(46)47)52-37-51(40-18-7-2-8-19-40)57-56(58-52)41-20-9-3-10-21-41/h1-37H/i1D,4D,5D,6D,11D,12D,16D,17D,22D,23D,28D,29D,30D,31D. The number of anilines is 3. The molecule has 0 aliphatic carbocycles. The number of para-hydroxylation sites is 1. The molecule has 2 aromatic heterocycles. The lowest BCUT2D eigenvalue weighted by atomic mass is 9.91. The predicted octanol–water partition coefficient (Wildman–Crippen LogP) is 15.3. The molecule has 60 heavy (non-hydrogen) atoms. The van der Waals surface area contributed by atoms with Gasteiger partial charge in [-0.2, -0.15) is 0 Å². The van der Waals surface area contributed by atoms with Crippen LogP contribution in [0, 0.1) is 0 Å². The fourth-order valence-corrected chi connectivity index (χ4v) is 7.64. The smallest absolute Gasteiger partial charge is 0.160 e. The summed E-state index contributed by atoms with van der Waals surface area (Å²) in [5, 5.41) is 3.21. The van der Waals surface area contributed by atoms with Gasteiger partial charge in [-0.3, -0.25) is 0 Å². The number of hydrogen-bond donors (Lipinski definition) is 0. The highest BCUT2D eigenvalue weighted by Gasteiger charge is 2.20. The molecule has 0 bridgehead atoms. The van der Waals surface area contributed by atoms with Crippen LogP contribution in [-0.2, 0) is 0 Å². The van der Waals surface area contributed by atoms with Gasteiger partial charge in [0.25, 0.3) is 0 Å². The molecule has 9 aromatic carbocycles. The highest BCUT2D eigenvalue weighted by atomic mass is 16.3. The second kappa shape index (κ2) is 15.0. The summed E-state index contributed by atoms with van der Waals surface area (Å²) < 4.78 is 129. The second-order valence-corrected chi connectivity index (χ2v) is 13.9. The van der Waals surface area contributed by atoms with Crippen molar-refractivity contribution in [1.82, 2.24) is 9.97 Å². The third kappa shape index (κ3) is 6.37. The van der Waals surface area contributed by atoms with Crippen LogP contribution in [-0.4, -0.2) is 9.97 Å². The van der Waals surface area contributed by atoms with Crippen LogP contribution < -0.4 is 4.90 Å². The minimum Gasteiger partial charge on any atom is -0.456 e. The average molecular weight is 782 g/mol. The molecule has 0 N–H and O–H groups in total. The lowest BCUT2D eigenvalue weighted by Gasteiger charge is -2.25. The first-order chi connectivity index (χ1) is 35.6. The molecule has 11 aromatic rings. The quantitative estimate of drug-likeness (QED) is 0.154. The zero-order valence-electron chi connectivity index (χ0n) is 45.5. The summed E-state index contributed by atoms with van der Waals surface area (Å²) in [6.45, 7) is 0. The van der Waals surface area contributed by atoms with E-state index >= 15 is 0 Å². The van der Waals surface area contributed by atoms with Crippen molar-refractivity contribution in [3.05, 3.63) is 224 Å². The van der Waals surface area contributed by atoms with Crippen LogP contribution in [0.2, 0.25) is 0 Å². The molecule has 0 unspecified atom stereocenters. The van der Waals surface area contributed by atoms with Gasteiger partial charge < -0.3 is 9.32 Å². The van der Waals surface area contributed by atoms with E-state index in [9.17, 15) is 5.48 Å². The Kier molecular flexibility index (Phi) is 5.85. The van der Waals surface area contributed by atoms with Crippen LogP contribution in [0.4, 0.5) is 17.1 Å². The fourth-order valence-electron chi connectivity index (χ4n) is 7.64. The monoisotopic (exact) mass is 781 g/mol. The summed E-state index contributed by atoms with van der Waals surface area (Å²) in [5.74, 6) is 0.581. The number of rotatable bonds is 8. The molecule has 2 heterocycles. The van der Waals surface area contributed by atoms with Gasteiger partial charge in [0.2, 0.25) is 0 Å². The Morgan fingerprint density at radius 3 is 1.75 bits per heavy atom. The molecule has 0 amide bonds. The van der Waals surface area contributed by atoms with E-state index in [2.05, 4.69) is 6.07 Å². The lowest BCUT2D eigenvalue weighted by Crippen LogP contribution is -2.09. The Bertz CT molecular complexity index is 4010. The third-order valence-corrected chi connectivity index (χ3v) is 10.4. The third-order valence-electron chi connectivity index (χ3n) is 10.4. The van der Waals surface area contributed by atoms with E-state index in [1.807, 2.05) is 109 Å². The van der Waals surface area contributed by atoms with Gasteiger partial charge in [-0.25, -0.2) is 9.97 Å². The van der Waals surface area contributed by atoms with E-state index in [1.54, 1.807) is 18.2 Å². The van der Waals surface area contributed by atoms with Crippen molar-refractivity contribution in [2.24, 2.45) is 0 Å². The number of aromatic nitrogens is 2. The first-order valence-electron chi connectivity index (χ1n) is 26.1. The number of nitrogens with zero attached hydrogens (tertiary/aromatic N) is 3. The first-order valence-corrected chi connectivity index (χ1v) is 19.1. The highest BCUT2D eigenvalue weighted by molar-refractivity contribution is 6.17. The molecule has 0 spiro atoms. The highest BCUT2D eigenvalue weighted by Crippen LogP contribution is 2.44. The normalized spacial score (nSPS) is 14.6. The zero-order valence-corrected chi connectivity index (χ0v) is 31.5. The molecular formula is C56H37N3O. The van der Waals surface area contributed by atoms with Gasteiger partial charge >= 0.3 is 0 Å². The maximum atomic E-state index is 9.37. The number of benzene rings is 9. The predicted molar refractivity (Wildman–Crippen MR) is 249 cm³/mol. The summed E-state index contributed by atoms with van der Waals surface area (Å²) in [6.07, 6.45) is 0. The summed E-state index contributed by atoms with van der Waals surface area (Å²) in [4.78, 5) is 11.1. The van der Waals surface area contributed by atoms with E-state index in [0.717, 1.165) is 60.3 Å². The first kappa shape index (κ1) is 23.4. The zero-order chi connectivity index (χ0) is 52.0. The van der Waals surface area contributed by atoms with Gasteiger partial charge in [0, 0.05) is 50.6 Å². The van der Waals surface area contributed by atoms with Crippen LogP contribution >= 0.6 is 0 Å². The number of fused-ring (bicyclic) bond motifs is 4. The largest absolute Gasteiger partial charge is 0.456 e. The summed E-state index contributed by atoms with van der Waals surface area (Å²) in [7, 11) is 0. The van der Waals surface area contributed by atoms with Crippen LogP contribution in [0.5, 0.6) is 0 Å². The molecule has 0 radical (unpaired) electrons. The minimum absolute atomic E-state index is 0.0393. The molecule has 4 heteroatoms. The van der Waals surface area contributed by atoms with Crippen molar-refractivity contribution in [2.45, 2.75) is 0 Å². The molecule has 4 nitrogen and oxygen atoms in total. The summed E-state index contributed by atoms with van der Waals surface area (Å²) >= 11 is 0. The van der Waals surface area contributed by atoms with Gasteiger partial charge in [-0.05, 0) is 81.5 Å². The summed E-state index contributed by atoms with van der Waals surface area (Å²) in [5.41, 5.74) is 4.54. The molecule has 0 saturated carbocycles. The fraction of sp³-hybridized carbons (Fsp3) is 0. The second-order valence-electron chi connectivity index (χ2n) is 13.9. The molecule has 0 fully saturated rings. The molecule has 11 rings (SSSR count). The molecule has 0 aliphatic rings. The van der Waals surface area contributed by atoms with Crippen molar-refractivity contribution in [1.29, 1.82) is 0 Å². The SMILES string of the molecule is [2H]c1c([2H])c([2H])c(-c2c([2H])c([2H])c(N(c3ccc4c(c3)oc3cccc(-c5ccc(-c6cc(-c7ccccc7)nc(-c7ccccc7)n6)c6ccccc56)c34)c3c([2H])c([2H])c([2H])c([2H])c3[2H])c([2H])c2[2H])c([2H])c1[2H]. The Hall–Kier alpha value is -8.08. The Labute approximate surface area is 368 Å². The number of hydrogen-bond acceptors (Lipinski definition) is 4. The number of furan rings is 1. The van der Waals surface area contributed by atoms with Crippen LogP contribution in [0.25, 0.3) is 88.9 Å². The van der Waals surface area contributed by atoms with E-state index in [4.69, 9.17) is 28.1 Å². The Morgan fingerprint density at radius 1 is 0.383 bits per heavy atom. The van der Waals surface area contributed by atoms with Gasteiger partial charge in [0.15, 0.2) is 5.82 Å². The van der Waals surface area contributed by atoms with Gasteiger partial charge in [0.05, 0.1) is 30.6 Å². The lowest BCUT2D eigenvalue weighted by molar-refractivity contribution is 0.669. The Balaban J connectivity index is 1.10. The minimum atomic E-state index is -0.794. The topological polar surface area (TPSA) is 42.2 Å². The van der Waals surface area contributed by atoms with E-state index in [0.29, 0.717) is 16.8 Å². The molecule has 282 valence electrons. The molecular weight excluding hydrogens is 731 g/mol. The molecule has 0 atom stereocenters. The van der Waals surface area contributed by atoms with Crippen LogP contribution in [0.15, 0.2) is 229 Å². The summed E-state index contributed by atoms with van der Waals surface area (Å²) in [6, 6.07) is 33.9. The van der Waals surface area contributed by atoms with Crippen LogP contribution in [0.1, 0.15) is 19.2 Å².